The Labute approximate surface area is 107 Å². The van der Waals surface area contributed by atoms with Gasteiger partial charge in [-0.25, -0.2) is 0 Å². The molecule has 0 aliphatic rings. The van der Waals surface area contributed by atoms with Gasteiger partial charge in [-0.15, -0.1) is 0 Å². The van der Waals surface area contributed by atoms with Crippen molar-refractivity contribution >= 4 is 28.2 Å². The van der Waals surface area contributed by atoms with Gasteiger partial charge in [0.05, 0.1) is 5.52 Å². The molecular formula is C14H17ClN2. The van der Waals surface area contributed by atoms with Gasteiger partial charge < -0.3 is 5.32 Å². The number of anilines is 1. The van der Waals surface area contributed by atoms with Crippen molar-refractivity contribution in [3.8, 4) is 0 Å². The SMILES string of the molecule is CNc1cc(C(C)(C)C)nc2ccc(Cl)cc12. The summed E-state index contributed by atoms with van der Waals surface area (Å²) in [6.45, 7) is 6.49. The van der Waals surface area contributed by atoms with Crippen LogP contribution in [0, 0.1) is 0 Å². The van der Waals surface area contributed by atoms with Crippen molar-refractivity contribution in [1.82, 2.24) is 4.98 Å². The number of hydrogen-bond acceptors (Lipinski definition) is 2. The van der Waals surface area contributed by atoms with E-state index in [2.05, 4.69) is 32.2 Å². The molecule has 0 saturated carbocycles. The van der Waals surface area contributed by atoms with E-state index in [-0.39, 0.29) is 5.41 Å². The first kappa shape index (κ1) is 12.2. The number of nitrogens with one attached hydrogen (secondary N) is 1. The van der Waals surface area contributed by atoms with Crippen LogP contribution in [0.4, 0.5) is 5.69 Å². The number of rotatable bonds is 1. The Morgan fingerprint density at radius 1 is 1.18 bits per heavy atom. The van der Waals surface area contributed by atoms with Crippen LogP contribution in [0.25, 0.3) is 10.9 Å². The van der Waals surface area contributed by atoms with Gasteiger partial charge in [0, 0.05) is 34.3 Å². The van der Waals surface area contributed by atoms with Crippen molar-refractivity contribution in [3.63, 3.8) is 0 Å². The van der Waals surface area contributed by atoms with Gasteiger partial charge in [-0.05, 0) is 24.3 Å². The molecule has 0 saturated heterocycles. The molecule has 0 bridgehead atoms. The maximum absolute atomic E-state index is 6.02. The lowest BCUT2D eigenvalue weighted by atomic mass is 9.91. The molecule has 0 amide bonds. The van der Waals surface area contributed by atoms with Crippen LogP contribution in [0.2, 0.25) is 5.02 Å². The molecule has 0 aliphatic carbocycles. The molecule has 0 radical (unpaired) electrons. The summed E-state index contributed by atoms with van der Waals surface area (Å²) < 4.78 is 0. The van der Waals surface area contributed by atoms with E-state index < -0.39 is 0 Å². The number of benzene rings is 1. The molecule has 2 rings (SSSR count). The molecular weight excluding hydrogens is 232 g/mol. The van der Waals surface area contributed by atoms with Crippen LogP contribution in [0.1, 0.15) is 26.5 Å². The van der Waals surface area contributed by atoms with E-state index in [1.165, 1.54) is 0 Å². The standard InChI is InChI=1S/C14H17ClN2/c1-14(2,3)13-8-12(16-4)10-7-9(15)5-6-11(10)17-13/h5-8H,1-4H3,(H,16,17). The third-order valence-corrected chi connectivity index (χ3v) is 3.04. The summed E-state index contributed by atoms with van der Waals surface area (Å²) in [7, 11) is 1.92. The zero-order valence-corrected chi connectivity index (χ0v) is 11.4. The molecule has 3 heteroatoms. The molecule has 0 unspecified atom stereocenters. The fourth-order valence-corrected chi connectivity index (χ4v) is 1.96. The third kappa shape index (κ3) is 2.37. The van der Waals surface area contributed by atoms with E-state index in [1.54, 1.807) is 0 Å². The fourth-order valence-electron chi connectivity index (χ4n) is 1.79. The summed E-state index contributed by atoms with van der Waals surface area (Å²) >= 11 is 6.02. The lowest BCUT2D eigenvalue weighted by Gasteiger charge is -2.20. The first-order valence-electron chi connectivity index (χ1n) is 5.70. The zero-order chi connectivity index (χ0) is 12.6. The summed E-state index contributed by atoms with van der Waals surface area (Å²) in [4.78, 5) is 4.70. The van der Waals surface area contributed by atoms with Gasteiger partial charge in [-0.2, -0.15) is 0 Å². The Morgan fingerprint density at radius 2 is 1.88 bits per heavy atom. The van der Waals surface area contributed by atoms with E-state index in [0.29, 0.717) is 0 Å². The highest BCUT2D eigenvalue weighted by molar-refractivity contribution is 6.31. The van der Waals surface area contributed by atoms with Gasteiger partial charge in [-0.3, -0.25) is 4.98 Å². The topological polar surface area (TPSA) is 24.9 Å². The van der Waals surface area contributed by atoms with Gasteiger partial charge in [0.25, 0.3) is 0 Å². The van der Waals surface area contributed by atoms with Crippen molar-refractivity contribution < 1.29 is 0 Å². The van der Waals surface area contributed by atoms with E-state index >= 15 is 0 Å². The predicted octanol–water partition coefficient (Wildman–Crippen LogP) is 4.23. The zero-order valence-electron chi connectivity index (χ0n) is 10.6. The summed E-state index contributed by atoms with van der Waals surface area (Å²) in [6.07, 6.45) is 0. The van der Waals surface area contributed by atoms with Crippen molar-refractivity contribution in [3.05, 3.63) is 35.0 Å². The number of aromatic nitrogens is 1. The highest BCUT2D eigenvalue weighted by Gasteiger charge is 2.17. The van der Waals surface area contributed by atoms with Gasteiger partial charge in [0.2, 0.25) is 0 Å². The molecule has 1 aromatic carbocycles. The Hall–Kier alpha value is -1.28. The van der Waals surface area contributed by atoms with Crippen LogP contribution in [-0.2, 0) is 5.41 Å². The quantitative estimate of drug-likeness (QED) is 0.817. The smallest absolute Gasteiger partial charge is 0.0727 e. The first-order chi connectivity index (χ1) is 7.91. The number of pyridine rings is 1. The molecule has 2 nitrogen and oxygen atoms in total. The monoisotopic (exact) mass is 248 g/mol. The molecule has 2 aromatic rings. The Balaban J connectivity index is 2.75. The van der Waals surface area contributed by atoms with Crippen LogP contribution in [0.15, 0.2) is 24.3 Å². The molecule has 0 fully saturated rings. The average Bonchev–Trinajstić information content (AvgIpc) is 2.26. The van der Waals surface area contributed by atoms with Crippen molar-refractivity contribution in [2.45, 2.75) is 26.2 Å². The van der Waals surface area contributed by atoms with Gasteiger partial charge in [0.1, 0.15) is 0 Å². The Kier molecular flexibility index (Phi) is 3.00. The Morgan fingerprint density at radius 3 is 2.47 bits per heavy atom. The second-order valence-electron chi connectivity index (χ2n) is 5.22. The number of hydrogen-bond donors (Lipinski definition) is 1. The van der Waals surface area contributed by atoms with Gasteiger partial charge >= 0.3 is 0 Å². The molecule has 17 heavy (non-hydrogen) atoms. The van der Waals surface area contributed by atoms with Gasteiger partial charge in [0.15, 0.2) is 0 Å². The molecule has 0 spiro atoms. The van der Waals surface area contributed by atoms with Crippen LogP contribution < -0.4 is 5.32 Å². The molecule has 90 valence electrons. The molecule has 0 atom stereocenters. The van der Waals surface area contributed by atoms with Crippen LogP contribution in [0.3, 0.4) is 0 Å². The molecule has 1 heterocycles. The largest absolute Gasteiger partial charge is 0.388 e. The van der Waals surface area contributed by atoms with E-state index in [9.17, 15) is 0 Å². The predicted molar refractivity (Wildman–Crippen MR) is 75.0 cm³/mol. The van der Waals surface area contributed by atoms with Crippen molar-refractivity contribution in [2.75, 3.05) is 12.4 Å². The van der Waals surface area contributed by atoms with Crippen molar-refractivity contribution in [2.24, 2.45) is 0 Å². The van der Waals surface area contributed by atoms with E-state index in [1.807, 2.05) is 25.2 Å². The minimum atomic E-state index is 0.0411. The van der Waals surface area contributed by atoms with E-state index in [0.717, 1.165) is 27.3 Å². The number of halogens is 1. The highest BCUT2D eigenvalue weighted by Crippen LogP contribution is 2.30. The third-order valence-electron chi connectivity index (χ3n) is 2.81. The summed E-state index contributed by atoms with van der Waals surface area (Å²) in [6, 6.07) is 7.89. The lowest BCUT2D eigenvalue weighted by molar-refractivity contribution is 0.572. The molecule has 1 aromatic heterocycles. The summed E-state index contributed by atoms with van der Waals surface area (Å²) in [5, 5.41) is 5.01. The van der Waals surface area contributed by atoms with Crippen molar-refractivity contribution in [1.29, 1.82) is 0 Å². The first-order valence-corrected chi connectivity index (χ1v) is 6.08. The summed E-state index contributed by atoms with van der Waals surface area (Å²) in [5.41, 5.74) is 3.17. The second kappa shape index (κ2) is 4.19. The minimum absolute atomic E-state index is 0.0411. The lowest BCUT2D eigenvalue weighted by Crippen LogP contribution is -2.14. The van der Waals surface area contributed by atoms with E-state index in [4.69, 9.17) is 16.6 Å². The molecule has 0 aliphatic heterocycles. The minimum Gasteiger partial charge on any atom is -0.388 e. The maximum Gasteiger partial charge on any atom is 0.0727 e. The Bertz CT molecular complexity index is 556. The van der Waals surface area contributed by atoms with Crippen LogP contribution in [0.5, 0.6) is 0 Å². The normalized spacial score (nSPS) is 11.8. The molecule has 1 N–H and O–H groups in total. The van der Waals surface area contributed by atoms with Gasteiger partial charge in [-0.1, -0.05) is 32.4 Å². The number of fused-ring (bicyclic) bond motifs is 1. The maximum atomic E-state index is 6.02. The fraction of sp³-hybridized carbons (Fsp3) is 0.357. The van der Waals surface area contributed by atoms with Crippen LogP contribution >= 0.6 is 11.6 Å². The average molecular weight is 249 g/mol. The second-order valence-corrected chi connectivity index (χ2v) is 5.65. The highest BCUT2D eigenvalue weighted by atomic mass is 35.5. The van der Waals surface area contributed by atoms with Crippen LogP contribution in [-0.4, -0.2) is 12.0 Å². The number of nitrogens with zero attached hydrogens (tertiary/aromatic N) is 1. The summed E-state index contributed by atoms with van der Waals surface area (Å²) in [5.74, 6) is 0.